The van der Waals surface area contributed by atoms with Crippen LogP contribution in [0.2, 0.25) is 0 Å². The van der Waals surface area contributed by atoms with Gasteiger partial charge in [-0.25, -0.2) is 4.39 Å². The van der Waals surface area contributed by atoms with Crippen LogP contribution in [0.5, 0.6) is 0 Å². The van der Waals surface area contributed by atoms with Crippen molar-refractivity contribution in [1.29, 1.82) is 0 Å². The third kappa shape index (κ3) is 2.60. The lowest BCUT2D eigenvalue weighted by Crippen LogP contribution is -2.18. The number of carbonyl (C=O) groups excluding carboxylic acids is 1. The molecule has 100 valence electrons. The number of benzene rings is 1. The van der Waals surface area contributed by atoms with Crippen LogP contribution in [0.3, 0.4) is 0 Å². The average Bonchev–Trinajstić information content (AvgIpc) is 2.58. The highest BCUT2D eigenvalue weighted by Gasteiger charge is 2.19. The fourth-order valence-corrected chi connectivity index (χ4v) is 2.08. The number of aromatic nitrogens is 2. The highest BCUT2D eigenvalue weighted by molar-refractivity contribution is 9.10. The lowest BCUT2D eigenvalue weighted by Gasteiger charge is -2.07. The molecule has 2 aromatic rings. The summed E-state index contributed by atoms with van der Waals surface area (Å²) in [6.07, 6.45) is 0. The molecule has 0 aliphatic carbocycles. The maximum Gasteiger partial charge on any atom is 0.276 e. The van der Waals surface area contributed by atoms with Crippen LogP contribution in [0.4, 0.5) is 15.8 Å². The summed E-state index contributed by atoms with van der Waals surface area (Å²) in [7, 11) is 1.61. The monoisotopic (exact) mass is 326 g/mol. The fourth-order valence-electron chi connectivity index (χ4n) is 1.72. The van der Waals surface area contributed by atoms with Crippen LogP contribution < -0.4 is 11.1 Å². The van der Waals surface area contributed by atoms with Gasteiger partial charge in [-0.15, -0.1) is 0 Å². The van der Waals surface area contributed by atoms with Crippen LogP contribution in [-0.2, 0) is 7.05 Å². The molecule has 1 amide bonds. The van der Waals surface area contributed by atoms with Crippen molar-refractivity contribution in [2.45, 2.75) is 6.92 Å². The fraction of sp³-hybridized carbons (Fsp3) is 0.167. The van der Waals surface area contributed by atoms with Gasteiger partial charge in [0.05, 0.1) is 17.1 Å². The summed E-state index contributed by atoms with van der Waals surface area (Å²) < 4.78 is 15.6. The number of hydrogen-bond donors (Lipinski definition) is 2. The summed E-state index contributed by atoms with van der Waals surface area (Å²) in [4.78, 5) is 12.1. The van der Waals surface area contributed by atoms with E-state index in [4.69, 9.17) is 5.73 Å². The van der Waals surface area contributed by atoms with Crippen molar-refractivity contribution in [1.82, 2.24) is 9.78 Å². The van der Waals surface area contributed by atoms with E-state index in [9.17, 15) is 9.18 Å². The van der Waals surface area contributed by atoms with Crippen LogP contribution in [0.1, 0.15) is 16.2 Å². The Morgan fingerprint density at radius 3 is 2.79 bits per heavy atom. The van der Waals surface area contributed by atoms with Gasteiger partial charge >= 0.3 is 0 Å². The number of nitrogens with zero attached hydrogens (tertiary/aromatic N) is 2. The van der Waals surface area contributed by atoms with Gasteiger partial charge in [-0.1, -0.05) is 15.9 Å². The Hall–Kier alpha value is -1.89. The van der Waals surface area contributed by atoms with E-state index in [2.05, 4.69) is 26.3 Å². The van der Waals surface area contributed by atoms with Crippen LogP contribution in [-0.4, -0.2) is 15.7 Å². The molecule has 0 atom stereocenters. The topological polar surface area (TPSA) is 72.9 Å². The Labute approximate surface area is 117 Å². The van der Waals surface area contributed by atoms with Gasteiger partial charge in [0.2, 0.25) is 0 Å². The van der Waals surface area contributed by atoms with Gasteiger partial charge in [-0.05, 0) is 25.1 Å². The van der Waals surface area contributed by atoms with E-state index in [1.807, 2.05) is 0 Å². The third-order valence-corrected chi connectivity index (χ3v) is 3.15. The molecule has 0 radical (unpaired) electrons. The molecular weight excluding hydrogens is 315 g/mol. The van der Waals surface area contributed by atoms with E-state index in [-0.39, 0.29) is 17.1 Å². The number of hydrogen-bond acceptors (Lipinski definition) is 3. The minimum Gasteiger partial charge on any atom is -0.395 e. The highest BCUT2D eigenvalue weighted by atomic mass is 79.9. The minimum absolute atomic E-state index is 0.0811. The standard InChI is InChI=1S/C12H12BrFN4O/c1-6-10(15)11(18(2)17-6)12(19)16-9-5-7(13)3-4-8(9)14/h3-5H,15H2,1-2H3,(H,16,19). The molecule has 19 heavy (non-hydrogen) atoms. The van der Waals surface area contributed by atoms with Crippen molar-refractivity contribution in [2.24, 2.45) is 7.05 Å². The second kappa shape index (κ2) is 5.00. The zero-order chi connectivity index (χ0) is 14.2. The van der Waals surface area contributed by atoms with E-state index < -0.39 is 11.7 Å². The number of aryl methyl sites for hydroxylation is 2. The molecule has 0 bridgehead atoms. The molecule has 1 heterocycles. The molecule has 0 spiro atoms. The molecule has 0 aliphatic rings. The summed E-state index contributed by atoms with van der Waals surface area (Å²) in [5.41, 5.74) is 6.91. The van der Waals surface area contributed by atoms with Crippen LogP contribution >= 0.6 is 15.9 Å². The maximum absolute atomic E-state index is 13.6. The summed E-state index contributed by atoms with van der Waals surface area (Å²) in [5, 5.41) is 6.52. The minimum atomic E-state index is -0.519. The first kappa shape index (κ1) is 13.5. The summed E-state index contributed by atoms with van der Waals surface area (Å²) in [6.45, 7) is 1.70. The molecule has 1 aromatic carbocycles. The molecule has 0 aliphatic heterocycles. The van der Waals surface area contributed by atoms with Crippen molar-refractivity contribution >= 4 is 33.2 Å². The lowest BCUT2D eigenvalue weighted by molar-refractivity contribution is 0.101. The molecule has 0 unspecified atom stereocenters. The maximum atomic E-state index is 13.6. The molecule has 0 fully saturated rings. The number of anilines is 2. The summed E-state index contributed by atoms with van der Waals surface area (Å²) >= 11 is 3.22. The molecule has 0 saturated carbocycles. The predicted octanol–water partition coefficient (Wildman–Crippen LogP) is 2.46. The van der Waals surface area contributed by atoms with Crippen molar-refractivity contribution in [2.75, 3.05) is 11.1 Å². The van der Waals surface area contributed by atoms with Gasteiger partial charge in [0.15, 0.2) is 0 Å². The third-order valence-electron chi connectivity index (χ3n) is 2.66. The first-order valence-electron chi connectivity index (χ1n) is 5.45. The quantitative estimate of drug-likeness (QED) is 0.890. The highest BCUT2D eigenvalue weighted by Crippen LogP contribution is 2.22. The Morgan fingerprint density at radius 2 is 2.21 bits per heavy atom. The molecule has 2 rings (SSSR count). The Bertz CT molecular complexity index is 653. The van der Waals surface area contributed by atoms with E-state index in [1.165, 1.54) is 16.8 Å². The molecule has 0 saturated heterocycles. The van der Waals surface area contributed by atoms with Crippen LogP contribution in [0.25, 0.3) is 0 Å². The molecule has 3 N–H and O–H groups in total. The second-order valence-electron chi connectivity index (χ2n) is 4.05. The average molecular weight is 327 g/mol. The van der Waals surface area contributed by atoms with Gasteiger partial charge in [0.1, 0.15) is 11.5 Å². The zero-order valence-electron chi connectivity index (χ0n) is 10.4. The van der Waals surface area contributed by atoms with Gasteiger partial charge < -0.3 is 11.1 Å². The predicted molar refractivity (Wildman–Crippen MR) is 74.4 cm³/mol. The first-order valence-corrected chi connectivity index (χ1v) is 6.25. The molecule has 1 aromatic heterocycles. The van der Waals surface area contributed by atoms with Gasteiger partial charge in [0.25, 0.3) is 5.91 Å². The SMILES string of the molecule is Cc1nn(C)c(C(=O)Nc2cc(Br)ccc2F)c1N. The van der Waals surface area contributed by atoms with Gasteiger partial charge in [0, 0.05) is 11.5 Å². The molecule has 5 nitrogen and oxygen atoms in total. The normalized spacial score (nSPS) is 10.5. The number of halogens is 2. The van der Waals surface area contributed by atoms with Crippen molar-refractivity contribution in [3.63, 3.8) is 0 Å². The number of nitrogens with one attached hydrogen (secondary N) is 1. The largest absolute Gasteiger partial charge is 0.395 e. The van der Waals surface area contributed by atoms with E-state index in [0.29, 0.717) is 10.2 Å². The number of carbonyl (C=O) groups is 1. The summed E-state index contributed by atoms with van der Waals surface area (Å²) in [6, 6.07) is 4.29. The van der Waals surface area contributed by atoms with Crippen molar-refractivity contribution < 1.29 is 9.18 Å². The smallest absolute Gasteiger partial charge is 0.276 e. The van der Waals surface area contributed by atoms with Crippen molar-refractivity contribution in [3.8, 4) is 0 Å². The van der Waals surface area contributed by atoms with E-state index in [1.54, 1.807) is 20.0 Å². The first-order chi connectivity index (χ1) is 8.90. The second-order valence-corrected chi connectivity index (χ2v) is 4.97. The van der Waals surface area contributed by atoms with Gasteiger partial charge in [-0.2, -0.15) is 5.10 Å². The molecular formula is C12H12BrFN4O. The van der Waals surface area contributed by atoms with Gasteiger partial charge in [-0.3, -0.25) is 9.48 Å². The van der Waals surface area contributed by atoms with Crippen LogP contribution in [0, 0.1) is 12.7 Å². The number of amides is 1. The number of nitrogens with two attached hydrogens (primary N) is 1. The Balaban J connectivity index is 2.33. The van der Waals surface area contributed by atoms with E-state index >= 15 is 0 Å². The Kier molecular flexibility index (Phi) is 3.57. The number of nitrogen functional groups attached to an aromatic ring is 1. The zero-order valence-corrected chi connectivity index (χ0v) is 12.0. The number of rotatable bonds is 2. The van der Waals surface area contributed by atoms with Crippen LogP contribution in [0.15, 0.2) is 22.7 Å². The van der Waals surface area contributed by atoms with Crippen molar-refractivity contribution in [3.05, 3.63) is 39.9 Å². The Morgan fingerprint density at radius 1 is 1.53 bits per heavy atom. The van der Waals surface area contributed by atoms with E-state index in [0.717, 1.165) is 0 Å². The summed E-state index contributed by atoms with van der Waals surface area (Å²) in [5.74, 6) is -1.02. The lowest BCUT2D eigenvalue weighted by atomic mass is 10.2. The molecule has 7 heteroatoms.